The van der Waals surface area contributed by atoms with Crippen LogP contribution in [-0.4, -0.2) is 42.2 Å². The van der Waals surface area contributed by atoms with E-state index in [9.17, 15) is 14.4 Å². The van der Waals surface area contributed by atoms with Gasteiger partial charge in [-0.15, -0.1) is 11.3 Å². The molecular formula is C21H25N3O6S. The van der Waals surface area contributed by atoms with Crippen molar-refractivity contribution < 1.29 is 28.6 Å². The highest BCUT2D eigenvalue weighted by molar-refractivity contribution is 7.13. The number of benzene rings is 1. The number of fused-ring (bicyclic) bond motifs is 1. The lowest BCUT2D eigenvalue weighted by atomic mass is 10.0. The van der Waals surface area contributed by atoms with Crippen molar-refractivity contribution in [1.82, 2.24) is 15.6 Å². The third kappa shape index (κ3) is 5.52. The van der Waals surface area contributed by atoms with Crippen molar-refractivity contribution in [2.24, 2.45) is 0 Å². The van der Waals surface area contributed by atoms with Crippen LogP contribution in [0.3, 0.4) is 0 Å². The van der Waals surface area contributed by atoms with Crippen molar-refractivity contribution in [1.29, 1.82) is 0 Å². The highest BCUT2D eigenvalue weighted by Gasteiger charge is 2.25. The lowest BCUT2D eigenvalue weighted by Gasteiger charge is -2.20. The topological polar surface area (TPSA) is 116 Å². The SMILES string of the molecule is CCOC(=O)c1sc(C(C)NC(=O)C(Cc2ccc3c(c2)OCO3)NC(C)=O)nc1C. The number of amides is 2. The molecule has 0 saturated carbocycles. The molecule has 2 heterocycles. The number of nitrogens with zero attached hydrogens (tertiary/aromatic N) is 1. The largest absolute Gasteiger partial charge is 0.462 e. The number of esters is 1. The average molecular weight is 448 g/mol. The smallest absolute Gasteiger partial charge is 0.350 e. The molecular weight excluding hydrogens is 422 g/mol. The molecule has 31 heavy (non-hydrogen) atoms. The lowest BCUT2D eigenvalue weighted by Crippen LogP contribution is -2.47. The second-order valence-electron chi connectivity index (χ2n) is 7.06. The quantitative estimate of drug-likeness (QED) is 0.597. The van der Waals surface area contributed by atoms with Crippen molar-refractivity contribution in [3.05, 3.63) is 39.3 Å². The lowest BCUT2D eigenvalue weighted by molar-refractivity contribution is -0.128. The van der Waals surface area contributed by atoms with Gasteiger partial charge in [-0.05, 0) is 38.5 Å². The first-order valence-electron chi connectivity index (χ1n) is 9.89. The van der Waals surface area contributed by atoms with Gasteiger partial charge >= 0.3 is 5.97 Å². The molecule has 166 valence electrons. The summed E-state index contributed by atoms with van der Waals surface area (Å²) < 4.78 is 15.7. The summed E-state index contributed by atoms with van der Waals surface area (Å²) in [6.45, 7) is 7.03. The van der Waals surface area contributed by atoms with Crippen LogP contribution in [0, 0.1) is 6.92 Å². The van der Waals surface area contributed by atoms with E-state index in [1.54, 1.807) is 32.9 Å². The molecule has 1 aromatic heterocycles. The van der Waals surface area contributed by atoms with Gasteiger partial charge in [0.05, 0.1) is 18.3 Å². The fourth-order valence-electron chi connectivity index (χ4n) is 3.12. The number of carbonyl (C=O) groups excluding carboxylic acids is 3. The molecule has 2 aromatic rings. The molecule has 0 bridgehead atoms. The first-order chi connectivity index (χ1) is 14.8. The van der Waals surface area contributed by atoms with E-state index in [0.29, 0.717) is 27.1 Å². The van der Waals surface area contributed by atoms with Gasteiger partial charge in [0, 0.05) is 13.3 Å². The van der Waals surface area contributed by atoms with Crippen LogP contribution in [0.15, 0.2) is 18.2 Å². The number of thiazole rings is 1. The summed E-state index contributed by atoms with van der Waals surface area (Å²) in [7, 11) is 0. The Kier molecular flexibility index (Phi) is 7.11. The second kappa shape index (κ2) is 9.78. The molecule has 0 aliphatic carbocycles. The first-order valence-corrected chi connectivity index (χ1v) is 10.7. The van der Waals surface area contributed by atoms with E-state index in [4.69, 9.17) is 14.2 Å². The Morgan fingerprint density at radius 1 is 1.23 bits per heavy atom. The molecule has 1 aliphatic heterocycles. The number of aromatic nitrogens is 1. The van der Waals surface area contributed by atoms with Crippen LogP contribution in [-0.2, 0) is 20.7 Å². The van der Waals surface area contributed by atoms with E-state index in [1.807, 2.05) is 6.07 Å². The fourth-order valence-corrected chi connectivity index (χ4v) is 4.09. The van der Waals surface area contributed by atoms with E-state index in [1.165, 1.54) is 18.3 Å². The molecule has 9 nitrogen and oxygen atoms in total. The van der Waals surface area contributed by atoms with Gasteiger partial charge in [-0.1, -0.05) is 6.07 Å². The molecule has 3 rings (SSSR count). The summed E-state index contributed by atoms with van der Waals surface area (Å²) >= 11 is 1.18. The molecule has 2 N–H and O–H groups in total. The Morgan fingerprint density at radius 2 is 1.97 bits per heavy atom. The van der Waals surface area contributed by atoms with Crippen LogP contribution in [0.25, 0.3) is 0 Å². The number of ether oxygens (including phenoxy) is 3. The minimum atomic E-state index is -0.786. The van der Waals surface area contributed by atoms with Crippen LogP contribution in [0.2, 0.25) is 0 Å². The fraction of sp³-hybridized carbons (Fsp3) is 0.429. The monoisotopic (exact) mass is 447 g/mol. The number of nitrogens with one attached hydrogen (secondary N) is 2. The van der Waals surface area contributed by atoms with Gasteiger partial charge in [-0.25, -0.2) is 9.78 Å². The normalized spacial score (nSPS) is 13.9. The van der Waals surface area contributed by atoms with Crippen LogP contribution in [0.4, 0.5) is 0 Å². The zero-order chi connectivity index (χ0) is 22.5. The maximum atomic E-state index is 12.9. The van der Waals surface area contributed by atoms with Gasteiger partial charge in [0.1, 0.15) is 15.9 Å². The summed E-state index contributed by atoms with van der Waals surface area (Å²) in [5, 5.41) is 6.14. The van der Waals surface area contributed by atoms with Gasteiger partial charge < -0.3 is 24.8 Å². The molecule has 1 aliphatic rings. The van der Waals surface area contributed by atoms with Crippen molar-refractivity contribution in [3.8, 4) is 11.5 Å². The first kappa shape index (κ1) is 22.5. The number of aryl methyl sites for hydroxylation is 1. The molecule has 0 spiro atoms. The molecule has 0 radical (unpaired) electrons. The third-order valence-corrected chi connectivity index (χ3v) is 5.89. The van der Waals surface area contributed by atoms with Gasteiger partial charge in [-0.2, -0.15) is 0 Å². The van der Waals surface area contributed by atoms with Gasteiger partial charge in [0.15, 0.2) is 11.5 Å². The standard InChI is InChI=1S/C21H25N3O6S/c1-5-28-21(27)18-11(2)23-20(31-18)12(3)22-19(26)15(24-13(4)25)8-14-6-7-16-17(9-14)30-10-29-16/h6-7,9,12,15H,5,8,10H2,1-4H3,(H,22,26)(H,24,25). The Hall–Kier alpha value is -3.14. The highest BCUT2D eigenvalue weighted by Crippen LogP contribution is 2.33. The highest BCUT2D eigenvalue weighted by atomic mass is 32.1. The summed E-state index contributed by atoms with van der Waals surface area (Å²) in [5.74, 6) is 0.155. The summed E-state index contributed by atoms with van der Waals surface area (Å²) in [4.78, 5) is 41.5. The van der Waals surface area contributed by atoms with Crippen LogP contribution in [0.5, 0.6) is 11.5 Å². The zero-order valence-corrected chi connectivity index (χ0v) is 18.6. The molecule has 2 atom stereocenters. The predicted molar refractivity (Wildman–Crippen MR) is 113 cm³/mol. The summed E-state index contributed by atoms with van der Waals surface area (Å²) in [6, 6.07) is 4.16. The van der Waals surface area contributed by atoms with Crippen LogP contribution >= 0.6 is 11.3 Å². The van der Waals surface area contributed by atoms with E-state index >= 15 is 0 Å². The van der Waals surface area contributed by atoms with E-state index in [0.717, 1.165) is 5.56 Å². The third-order valence-electron chi connectivity index (χ3n) is 4.57. The molecule has 2 unspecified atom stereocenters. The van der Waals surface area contributed by atoms with Crippen LogP contribution < -0.4 is 20.1 Å². The van der Waals surface area contributed by atoms with Crippen molar-refractivity contribution in [3.63, 3.8) is 0 Å². The van der Waals surface area contributed by atoms with Gasteiger partial charge in [0.25, 0.3) is 0 Å². The Bertz CT molecular complexity index is 989. The summed E-state index contributed by atoms with van der Waals surface area (Å²) in [5.41, 5.74) is 1.37. The molecule has 0 saturated heterocycles. The Balaban J connectivity index is 1.71. The van der Waals surface area contributed by atoms with Gasteiger partial charge in [0.2, 0.25) is 18.6 Å². The maximum Gasteiger partial charge on any atom is 0.350 e. The van der Waals surface area contributed by atoms with E-state index in [2.05, 4.69) is 15.6 Å². The Labute approximate surface area is 184 Å². The van der Waals surface area contributed by atoms with Crippen molar-refractivity contribution in [2.75, 3.05) is 13.4 Å². The number of rotatable bonds is 8. The molecule has 10 heteroatoms. The minimum absolute atomic E-state index is 0.160. The average Bonchev–Trinajstić information content (AvgIpc) is 3.33. The number of hydrogen-bond donors (Lipinski definition) is 2. The molecule has 1 aromatic carbocycles. The minimum Gasteiger partial charge on any atom is -0.462 e. The van der Waals surface area contributed by atoms with E-state index < -0.39 is 18.1 Å². The second-order valence-corrected chi connectivity index (χ2v) is 8.09. The van der Waals surface area contributed by atoms with E-state index in [-0.39, 0.29) is 31.6 Å². The summed E-state index contributed by atoms with van der Waals surface area (Å²) in [6.07, 6.45) is 0.278. The van der Waals surface area contributed by atoms with Gasteiger partial charge in [-0.3, -0.25) is 9.59 Å². The number of carbonyl (C=O) groups is 3. The maximum absolute atomic E-state index is 12.9. The predicted octanol–water partition coefficient (Wildman–Crippen LogP) is 2.28. The van der Waals surface area contributed by atoms with Crippen molar-refractivity contribution in [2.45, 2.75) is 46.2 Å². The molecule has 2 amide bonds. The zero-order valence-electron chi connectivity index (χ0n) is 17.8. The molecule has 0 fully saturated rings. The Morgan fingerprint density at radius 3 is 2.68 bits per heavy atom. The number of hydrogen-bond acceptors (Lipinski definition) is 8. The van der Waals surface area contributed by atoms with Crippen LogP contribution in [0.1, 0.15) is 52.7 Å². The van der Waals surface area contributed by atoms with Crippen molar-refractivity contribution >= 4 is 29.1 Å².